The highest BCUT2D eigenvalue weighted by Crippen LogP contribution is 2.31. The molecule has 0 radical (unpaired) electrons. The quantitative estimate of drug-likeness (QED) is 0.750. The highest BCUT2D eigenvalue weighted by atomic mass is 35.5. The minimum absolute atomic E-state index is 0.0302. The van der Waals surface area contributed by atoms with Crippen LogP contribution in [-0.2, 0) is 0 Å². The van der Waals surface area contributed by atoms with Crippen LogP contribution in [0.25, 0.3) is 10.9 Å². The van der Waals surface area contributed by atoms with Crippen molar-refractivity contribution < 1.29 is 18.3 Å². The molecule has 2 aromatic heterocycles. The Kier molecular flexibility index (Phi) is 5.16. The van der Waals surface area contributed by atoms with E-state index in [-0.39, 0.29) is 35.2 Å². The van der Waals surface area contributed by atoms with E-state index in [1.807, 2.05) is 32.7 Å². The van der Waals surface area contributed by atoms with Gasteiger partial charge in [-0.25, -0.2) is 13.8 Å². The number of ether oxygens (including phenoxy) is 2. The molecular formula is C17H21ClF2N4O2. The molecule has 0 unspecified atom stereocenters. The number of nitrogens with zero attached hydrogens (tertiary/aromatic N) is 4. The lowest BCUT2D eigenvalue weighted by molar-refractivity contribution is 0.123. The van der Waals surface area contributed by atoms with Crippen LogP contribution in [0.15, 0.2) is 6.20 Å². The minimum atomic E-state index is -0.881. The second-order valence-electron chi connectivity index (χ2n) is 7.39. The van der Waals surface area contributed by atoms with Gasteiger partial charge in [-0.05, 0) is 34.2 Å². The third kappa shape index (κ3) is 4.12. The second-order valence-corrected chi connectivity index (χ2v) is 7.75. The SMILES string of the molecule is CN1C[C@H](F)C[C@H]1COc1nc(OC(C)(C)C)c2cnc(Cl)c(F)c2n1. The molecule has 0 aromatic carbocycles. The van der Waals surface area contributed by atoms with Crippen LogP contribution >= 0.6 is 11.6 Å². The van der Waals surface area contributed by atoms with Crippen molar-refractivity contribution in [2.24, 2.45) is 0 Å². The molecular weight excluding hydrogens is 366 g/mol. The first-order valence-corrected chi connectivity index (χ1v) is 8.69. The molecule has 0 bridgehead atoms. The van der Waals surface area contributed by atoms with Crippen molar-refractivity contribution >= 4 is 22.5 Å². The van der Waals surface area contributed by atoms with Gasteiger partial charge in [-0.3, -0.25) is 4.90 Å². The highest BCUT2D eigenvalue weighted by Gasteiger charge is 2.30. The summed E-state index contributed by atoms with van der Waals surface area (Å²) in [5.41, 5.74) is -0.598. The number of pyridine rings is 1. The van der Waals surface area contributed by atoms with E-state index in [2.05, 4.69) is 15.0 Å². The predicted molar refractivity (Wildman–Crippen MR) is 94.1 cm³/mol. The standard InChI is InChI=1S/C17H21ClF2N4O2/c1-17(2,3)26-15-11-6-21-14(18)12(20)13(11)22-16(23-15)25-8-10-5-9(19)7-24(10)4/h6,9-10H,5,7-8H2,1-4H3/t9-,10+/m1/s1. The Morgan fingerprint density at radius 2 is 2.08 bits per heavy atom. The first-order chi connectivity index (χ1) is 12.1. The van der Waals surface area contributed by atoms with Gasteiger partial charge >= 0.3 is 6.01 Å². The summed E-state index contributed by atoms with van der Waals surface area (Å²) >= 11 is 5.76. The summed E-state index contributed by atoms with van der Waals surface area (Å²) in [5.74, 6) is -0.610. The Morgan fingerprint density at radius 1 is 1.35 bits per heavy atom. The zero-order valence-corrected chi connectivity index (χ0v) is 15.8. The Bertz CT molecular complexity index is 815. The summed E-state index contributed by atoms with van der Waals surface area (Å²) in [7, 11) is 1.83. The van der Waals surface area contributed by atoms with Gasteiger partial charge in [-0.1, -0.05) is 11.6 Å². The Balaban J connectivity index is 1.93. The van der Waals surface area contributed by atoms with Gasteiger partial charge in [-0.2, -0.15) is 9.97 Å². The summed E-state index contributed by atoms with van der Waals surface area (Å²) in [6, 6.07) is -0.143. The van der Waals surface area contributed by atoms with Gasteiger partial charge in [0.1, 0.15) is 23.9 Å². The Morgan fingerprint density at radius 3 is 2.69 bits per heavy atom. The first-order valence-electron chi connectivity index (χ1n) is 8.32. The molecule has 26 heavy (non-hydrogen) atoms. The normalized spacial score (nSPS) is 21.3. The number of fused-ring (bicyclic) bond motifs is 1. The van der Waals surface area contributed by atoms with Crippen molar-refractivity contribution in [3.8, 4) is 11.9 Å². The van der Waals surface area contributed by atoms with Crippen molar-refractivity contribution in [3.05, 3.63) is 17.2 Å². The van der Waals surface area contributed by atoms with Crippen molar-refractivity contribution in [2.45, 2.75) is 45.0 Å². The van der Waals surface area contributed by atoms with Crippen LogP contribution < -0.4 is 9.47 Å². The van der Waals surface area contributed by atoms with Crippen LogP contribution in [0, 0.1) is 5.82 Å². The Hall–Kier alpha value is -1.80. The first kappa shape index (κ1) is 19.0. The van der Waals surface area contributed by atoms with E-state index in [0.29, 0.717) is 18.4 Å². The summed E-state index contributed by atoms with van der Waals surface area (Å²) < 4.78 is 39.3. The molecule has 1 aliphatic rings. The third-order valence-corrected chi connectivity index (χ3v) is 4.29. The monoisotopic (exact) mass is 386 g/mol. The summed E-state index contributed by atoms with van der Waals surface area (Å²) in [6.07, 6.45) is 0.858. The number of hydrogen-bond acceptors (Lipinski definition) is 6. The number of rotatable bonds is 4. The van der Waals surface area contributed by atoms with Gasteiger partial charge in [0, 0.05) is 18.8 Å². The zero-order valence-electron chi connectivity index (χ0n) is 15.1. The van der Waals surface area contributed by atoms with Gasteiger partial charge in [-0.15, -0.1) is 0 Å². The van der Waals surface area contributed by atoms with E-state index >= 15 is 0 Å². The average Bonchev–Trinajstić information content (AvgIpc) is 2.85. The zero-order chi connectivity index (χ0) is 19.1. The van der Waals surface area contributed by atoms with E-state index in [4.69, 9.17) is 21.1 Å². The van der Waals surface area contributed by atoms with Crippen molar-refractivity contribution in [3.63, 3.8) is 0 Å². The van der Waals surface area contributed by atoms with Gasteiger partial charge in [0.2, 0.25) is 5.88 Å². The van der Waals surface area contributed by atoms with Gasteiger partial charge in [0.25, 0.3) is 0 Å². The van der Waals surface area contributed by atoms with E-state index in [1.54, 1.807) is 0 Å². The van der Waals surface area contributed by atoms with Gasteiger partial charge in [0.15, 0.2) is 11.0 Å². The lowest BCUT2D eigenvalue weighted by Gasteiger charge is -2.22. The fourth-order valence-electron chi connectivity index (χ4n) is 2.80. The lowest BCUT2D eigenvalue weighted by atomic mass is 10.2. The molecule has 1 aliphatic heterocycles. The molecule has 9 heteroatoms. The molecule has 0 N–H and O–H groups in total. The summed E-state index contributed by atoms with van der Waals surface area (Å²) in [5, 5.41) is 0.00985. The third-order valence-electron chi connectivity index (χ3n) is 4.03. The molecule has 0 amide bonds. The molecule has 3 rings (SSSR count). The van der Waals surface area contributed by atoms with Crippen molar-refractivity contribution in [1.82, 2.24) is 19.9 Å². The van der Waals surface area contributed by atoms with E-state index in [0.717, 1.165) is 0 Å². The molecule has 6 nitrogen and oxygen atoms in total. The molecule has 142 valence electrons. The van der Waals surface area contributed by atoms with Crippen LogP contribution in [0.5, 0.6) is 11.9 Å². The van der Waals surface area contributed by atoms with Crippen LogP contribution in [0.3, 0.4) is 0 Å². The Labute approximate surface area is 155 Å². The molecule has 1 fully saturated rings. The summed E-state index contributed by atoms with van der Waals surface area (Å²) in [4.78, 5) is 14.0. The molecule has 2 aromatic rings. The topological polar surface area (TPSA) is 60.4 Å². The second kappa shape index (κ2) is 7.08. The fraction of sp³-hybridized carbons (Fsp3) is 0.588. The average molecular weight is 387 g/mol. The maximum Gasteiger partial charge on any atom is 0.320 e. The largest absolute Gasteiger partial charge is 0.471 e. The van der Waals surface area contributed by atoms with Crippen molar-refractivity contribution in [2.75, 3.05) is 20.2 Å². The van der Waals surface area contributed by atoms with Crippen molar-refractivity contribution in [1.29, 1.82) is 0 Å². The summed E-state index contributed by atoms with van der Waals surface area (Å²) in [6.45, 7) is 6.08. The smallest absolute Gasteiger partial charge is 0.320 e. The molecule has 0 saturated carbocycles. The van der Waals surface area contributed by atoms with E-state index < -0.39 is 17.6 Å². The van der Waals surface area contributed by atoms with Crippen LogP contribution in [0.1, 0.15) is 27.2 Å². The molecule has 2 atom stereocenters. The number of halogens is 3. The van der Waals surface area contributed by atoms with Crippen LogP contribution in [0.2, 0.25) is 5.15 Å². The predicted octanol–water partition coefficient (Wildman–Crippen LogP) is 3.42. The number of likely N-dealkylation sites (tertiary alicyclic amines) is 1. The van der Waals surface area contributed by atoms with Gasteiger partial charge in [0.05, 0.1) is 5.39 Å². The number of aromatic nitrogens is 3. The number of alkyl halides is 1. The van der Waals surface area contributed by atoms with E-state index in [1.165, 1.54) is 6.20 Å². The molecule has 3 heterocycles. The van der Waals surface area contributed by atoms with E-state index in [9.17, 15) is 8.78 Å². The fourth-order valence-corrected chi connectivity index (χ4v) is 2.94. The highest BCUT2D eigenvalue weighted by molar-refractivity contribution is 6.30. The van der Waals surface area contributed by atoms with Crippen LogP contribution in [0.4, 0.5) is 8.78 Å². The van der Waals surface area contributed by atoms with Gasteiger partial charge < -0.3 is 9.47 Å². The number of hydrogen-bond donors (Lipinski definition) is 0. The lowest BCUT2D eigenvalue weighted by Crippen LogP contribution is -2.31. The maximum absolute atomic E-state index is 14.4. The molecule has 0 spiro atoms. The minimum Gasteiger partial charge on any atom is -0.471 e. The maximum atomic E-state index is 14.4. The molecule has 1 saturated heterocycles. The van der Waals surface area contributed by atoms with Crippen LogP contribution in [-0.4, -0.2) is 57.9 Å². The number of likely N-dealkylation sites (N-methyl/N-ethyl adjacent to an activating group) is 1. The molecule has 0 aliphatic carbocycles.